The molecule has 1 saturated heterocycles. The van der Waals surface area contributed by atoms with Crippen LogP contribution in [-0.4, -0.2) is 23.5 Å². The van der Waals surface area contributed by atoms with Crippen molar-refractivity contribution in [2.24, 2.45) is 0 Å². The van der Waals surface area contributed by atoms with Crippen LogP contribution in [0.5, 0.6) is 0 Å². The molecule has 2 rings (SSSR count). The first-order valence-electron chi connectivity index (χ1n) is 5.76. The molecule has 0 aliphatic carbocycles. The lowest BCUT2D eigenvalue weighted by molar-refractivity contribution is -0.123. The van der Waals surface area contributed by atoms with E-state index in [9.17, 15) is 4.79 Å². The Bertz CT molecular complexity index is 342. The van der Waals surface area contributed by atoms with Crippen molar-refractivity contribution < 1.29 is 4.79 Å². The number of halogens is 2. The first-order valence-corrected chi connectivity index (χ1v) is 5.76. The van der Waals surface area contributed by atoms with Gasteiger partial charge in [-0.3, -0.25) is 9.78 Å². The van der Waals surface area contributed by atoms with E-state index < -0.39 is 0 Å². The molecule has 0 spiro atoms. The summed E-state index contributed by atoms with van der Waals surface area (Å²) < 4.78 is 0. The molecule has 18 heavy (non-hydrogen) atoms. The molecule has 0 radical (unpaired) electrons. The second-order valence-corrected chi connectivity index (χ2v) is 4.08. The zero-order chi connectivity index (χ0) is 11.2. The Morgan fingerprint density at radius 3 is 2.89 bits per heavy atom. The van der Waals surface area contributed by atoms with Gasteiger partial charge in [0.15, 0.2) is 0 Å². The summed E-state index contributed by atoms with van der Waals surface area (Å²) >= 11 is 0. The Kier molecular flexibility index (Phi) is 8.71. The summed E-state index contributed by atoms with van der Waals surface area (Å²) in [6.45, 7) is 1.51. The van der Waals surface area contributed by atoms with Crippen molar-refractivity contribution in [3.05, 3.63) is 30.1 Å². The molecule has 6 heteroatoms. The van der Waals surface area contributed by atoms with Crippen molar-refractivity contribution in [3.8, 4) is 0 Å². The van der Waals surface area contributed by atoms with Crippen molar-refractivity contribution in [2.45, 2.75) is 31.8 Å². The standard InChI is InChI=1S/C12H17N3O.2ClH/c16-12(11-5-1-2-7-14-11)15-9-10-4-3-6-13-8-10;;/h3-4,6,8,11,14H,1-2,5,7,9H2,(H,15,16);2*1H/t11-;;/m0../s1. The number of hydrogen-bond acceptors (Lipinski definition) is 3. The molecule has 2 heterocycles. The molecule has 4 nitrogen and oxygen atoms in total. The Balaban J connectivity index is 0.00000144. The van der Waals surface area contributed by atoms with Crippen LogP contribution in [0.1, 0.15) is 24.8 Å². The summed E-state index contributed by atoms with van der Waals surface area (Å²) in [5.41, 5.74) is 1.03. The molecule has 1 fully saturated rings. The zero-order valence-electron chi connectivity index (χ0n) is 10.1. The van der Waals surface area contributed by atoms with Gasteiger partial charge in [0.25, 0.3) is 0 Å². The van der Waals surface area contributed by atoms with E-state index in [1.165, 1.54) is 6.42 Å². The second-order valence-electron chi connectivity index (χ2n) is 4.08. The van der Waals surface area contributed by atoms with Gasteiger partial charge >= 0.3 is 0 Å². The summed E-state index contributed by atoms with van der Waals surface area (Å²) in [7, 11) is 0. The zero-order valence-corrected chi connectivity index (χ0v) is 11.7. The number of pyridine rings is 1. The minimum atomic E-state index is -0.00887. The van der Waals surface area contributed by atoms with Crippen LogP contribution in [0, 0.1) is 0 Å². The molecule has 1 aliphatic rings. The van der Waals surface area contributed by atoms with Crippen LogP contribution in [-0.2, 0) is 11.3 Å². The fourth-order valence-corrected chi connectivity index (χ4v) is 1.89. The highest BCUT2D eigenvalue weighted by atomic mass is 35.5. The maximum absolute atomic E-state index is 11.8. The van der Waals surface area contributed by atoms with Crippen molar-refractivity contribution in [2.75, 3.05) is 6.54 Å². The second kappa shape index (κ2) is 9.14. The Hall–Kier alpha value is -0.840. The first-order chi connectivity index (χ1) is 7.86. The highest BCUT2D eigenvalue weighted by Gasteiger charge is 2.19. The summed E-state index contributed by atoms with van der Waals surface area (Å²) in [4.78, 5) is 15.8. The summed E-state index contributed by atoms with van der Waals surface area (Å²) in [5.74, 6) is 0.101. The van der Waals surface area contributed by atoms with Gasteiger partial charge in [-0.25, -0.2) is 0 Å². The third kappa shape index (κ3) is 5.21. The van der Waals surface area contributed by atoms with Crippen LogP contribution in [0.2, 0.25) is 0 Å². The number of nitrogens with one attached hydrogen (secondary N) is 2. The summed E-state index contributed by atoms with van der Waals surface area (Å²) in [5, 5.41) is 6.15. The molecule has 1 amide bonds. The number of rotatable bonds is 3. The maximum atomic E-state index is 11.8. The van der Waals surface area contributed by atoms with Gasteiger partial charge in [0, 0.05) is 18.9 Å². The van der Waals surface area contributed by atoms with Crippen LogP contribution < -0.4 is 10.6 Å². The minimum Gasteiger partial charge on any atom is -0.351 e. The number of piperidine rings is 1. The molecule has 0 unspecified atom stereocenters. The molecule has 0 bridgehead atoms. The third-order valence-corrected chi connectivity index (χ3v) is 2.82. The highest BCUT2D eigenvalue weighted by Crippen LogP contribution is 2.07. The van der Waals surface area contributed by atoms with Crippen molar-refractivity contribution in [3.63, 3.8) is 0 Å². The molecule has 1 aromatic heterocycles. The molecular weight excluding hydrogens is 273 g/mol. The van der Waals surface area contributed by atoms with Gasteiger partial charge in [-0.1, -0.05) is 12.5 Å². The van der Waals surface area contributed by atoms with E-state index in [1.807, 2.05) is 12.1 Å². The molecule has 0 saturated carbocycles. The van der Waals surface area contributed by atoms with E-state index in [4.69, 9.17) is 0 Å². The number of nitrogens with zero attached hydrogens (tertiary/aromatic N) is 1. The van der Waals surface area contributed by atoms with Crippen LogP contribution in [0.15, 0.2) is 24.5 Å². The van der Waals surface area contributed by atoms with Gasteiger partial charge in [-0.2, -0.15) is 0 Å². The SMILES string of the molecule is Cl.Cl.O=C(NCc1cccnc1)[C@@H]1CCCCN1. The van der Waals surface area contributed by atoms with E-state index in [0.29, 0.717) is 6.54 Å². The Labute approximate surface area is 120 Å². The highest BCUT2D eigenvalue weighted by molar-refractivity contribution is 5.85. The van der Waals surface area contributed by atoms with Gasteiger partial charge in [0.2, 0.25) is 5.91 Å². The Morgan fingerprint density at radius 1 is 1.44 bits per heavy atom. The van der Waals surface area contributed by atoms with Crippen molar-refractivity contribution >= 4 is 30.7 Å². The molecule has 102 valence electrons. The summed E-state index contributed by atoms with van der Waals surface area (Å²) in [6.07, 6.45) is 6.76. The van der Waals surface area contributed by atoms with E-state index in [1.54, 1.807) is 12.4 Å². The number of carbonyl (C=O) groups excluding carboxylic acids is 1. The predicted molar refractivity (Wildman–Crippen MR) is 76.2 cm³/mol. The molecule has 1 aliphatic heterocycles. The minimum absolute atomic E-state index is 0. The average Bonchev–Trinajstić information content (AvgIpc) is 2.38. The van der Waals surface area contributed by atoms with Crippen molar-refractivity contribution in [1.29, 1.82) is 0 Å². The molecule has 1 aromatic rings. The van der Waals surface area contributed by atoms with Crippen LogP contribution in [0.25, 0.3) is 0 Å². The van der Waals surface area contributed by atoms with Crippen LogP contribution in [0.3, 0.4) is 0 Å². The van der Waals surface area contributed by atoms with Crippen LogP contribution >= 0.6 is 24.8 Å². The van der Waals surface area contributed by atoms with Gasteiger partial charge in [0.1, 0.15) is 0 Å². The maximum Gasteiger partial charge on any atom is 0.237 e. The first kappa shape index (κ1) is 17.2. The fraction of sp³-hybridized carbons (Fsp3) is 0.500. The molecule has 1 atom stereocenters. The number of carbonyl (C=O) groups is 1. The third-order valence-electron chi connectivity index (χ3n) is 2.82. The molecular formula is C12H19Cl2N3O. The smallest absolute Gasteiger partial charge is 0.237 e. The monoisotopic (exact) mass is 291 g/mol. The predicted octanol–water partition coefficient (Wildman–Crippen LogP) is 1.68. The van der Waals surface area contributed by atoms with Crippen LogP contribution in [0.4, 0.5) is 0 Å². The Morgan fingerprint density at radius 2 is 2.28 bits per heavy atom. The number of hydrogen-bond donors (Lipinski definition) is 2. The molecule has 0 aromatic carbocycles. The normalized spacial score (nSPS) is 18.1. The van der Waals surface area contributed by atoms with Crippen molar-refractivity contribution in [1.82, 2.24) is 15.6 Å². The lowest BCUT2D eigenvalue weighted by atomic mass is 10.0. The quantitative estimate of drug-likeness (QED) is 0.891. The van der Waals surface area contributed by atoms with Gasteiger partial charge in [-0.15, -0.1) is 24.8 Å². The van der Waals surface area contributed by atoms with E-state index in [2.05, 4.69) is 15.6 Å². The topological polar surface area (TPSA) is 54.0 Å². The van der Waals surface area contributed by atoms with E-state index in [-0.39, 0.29) is 36.8 Å². The number of aromatic nitrogens is 1. The van der Waals surface area contributed by atoms with E-state index >= 15 is 0 Å². The van der Waals surface area contributed by atoms with Gasteiger partial charge in [-0.05, 0) is 31.0 Å². The number of amides is 1. The van der Waals surface area contributed by atoms with Gasteiger partial charge < -0.3 is 10.6 Å². The van der Waals surface area contributed by atoms with Gasteiger partial charge in [0.05, 0.1) is 6.04 Å². The van der Waals surface area contributed by atoms with E-state index in [0.717, 1.165) is 24.9 Å². The lowest BCUT2D eigenvalue weighted by Gasteiger charge is -2.22. The largest absolute Gasteiger partial charge is 0.351 e. The molecule has 2 N–H and O–H groups in total. The fourth-order valence-electron chi connectivity index (χ4n) is 1.89. The lowest BCUT2D eigenvalue weighted by Crippen LogP contribution is -2.46. The average molecular weight is 292 g/mol. The summed E-state index contributed by atoms with van der Waals surface area (Å²) in [6, 6.07) is 3.83.